The summed E-state index contributed by atoms with van der Waals surface area (Å²) in [4.78, 5) is 21.6. The predicted octanol–water partition coefficient (Wildman–Crippen LogP) is 5.39. The van der Waals surface area contributed by atoms with Crippen molar-refractivity contribution >= 4 is 23.2 Å². The molecular weight excluding hydrogens is 426 g/mol. The Balaban J connectivity index is 1.36. The number of para-hydroxylation sites is 3. The summed E-state index contributed by atoms with van der Waals surface area (Å²) < 4.78 is 32.8. The third-order valence-corrected chi connectivity index (χ3v) is 5.80. The number of carbonyl (C=O) groups excluding carboxylic acids is 1. The van der Waals surface area contributed by atoms with Crippen LogP contribution in [0.5, 0.6) is 11.5 Å². The molecule has 1 fully saturated rings. The highest BCUT2D eigenvalue weighted by Crippen LogP contribution is 2.38. The fourth-order valence-electron chi connectivity index (χ4n) is 4.13. The highest BCUT2D eigenvalue weighted by atomic mass is 19.2. The van der Waals surface area contributed by atoms with Gasteiger partial charge in [0, 0.05) is 37.4 Å². The van der Waals surface area contributed by atoms with Crippen LogP contribution < -0.4 is 10.1 Å². The summed E-state index contributed by atoms with van der Waals surface area (Å²) in [6, 6.07) is 18.2. The predicted molar refractivity (Wildman–Crippen MR) is 122 cm³/mol. The molecule has 0 aliphatic carbocycles. The maximum atomic E-state index is 13.5. The van der Waals surface area contributed by atoms with Crippen LogP contribution in [-0.2, 0) is 0 Å². The minimum Gasteiger partial charge on any atom is -0.454 e. The number of ether oxygens (including phenoxy) is 1. The number of amides is 2. The quantitative estimate of drug-likeness (QED) is 0.543. The van der Waals surface area contributed by atoms with Gasteiger partial charge in [0.2, 0.25) is 0 Å². The Hall–Kier alpha value is -3.94. The molecule has 1 atom stereocenters. The zero-order valence-electron chi connectivity index (χ0n) is 18.0. The number of fused-ring (bicyclic) bond motifs is 2. The van der Waals surface area contributed by atoms with Crippen molar-refractivity contribution in [3.63, 3.8) is 0 Å². The smallest absolute Gasteiger partial charge is 0.322 e. The third kappa shape index (κ3) is 4.11. The van der Waals surface area contributed by atoms with Crippen molar-refractivity contribution in [1.82, 2.24) is 9.80 Å². The Morgan fingerprint density at radius 3 is 2.55 bits per heavy atom. The van der Waals surface area contributed by atoms with Gasteiger partial charge in [-0.2, -0.15) is 0 Å². The van der Waals surface area contributed by atoms with Crippen molar-refractivity contribution in [2.45, 2.75) is 13.0 Å². The maximum Gasteiger partial charge on any atom is 0.322 e. The molecule has 2 aliphatic rings. The van der Waals surface area contributed by atoms with E-state index in [0.29, 0.717) is 25.4 Å². The van der Waals surface area contributed by atoms with Crippen LogP contribution in [0.2, 0.25) is 0 Å². The lowest BCUT2D eigenvalue weighted by Crippen LogP contribution is -2.56. The summed E-state index contributed by atoms with van der Waals surface area (Å²) in [6.45, 7) is 3.51. The Morgan fingerprint density at radius 1 is 1.00 bits per heavy atom. The molecule has 2 heterocycles. The third-order valence-electron chi connectivity index (χ3n) is 5.80. The largest absolute Gasteiger partial charge is 0.454 e. The van der Waals surface area contributed by atoms with Gasteiger partial charge in [0.15, 0.2) is 17.4 Å². The van der Waals surface area contributed by atoms with Gasteiger partial charge in [-0.05, 0) is 43.3 Å². The number of urea groups is 1. The highest BCUT2D eigenvalue weighted by Gasteiger charge is 2.31. The SMILES string of the molecule is CC1CN(C2=Nc3ccccc3Oc3ccccc32)CCN1C(=O)Nc1ccc(F)c(F)c1. The summed E-state index contributed by atoms with van der Waals surface area (Å²) in [6.07, 6.45) is 0. The van der Waals surface area contributed by atoms with Crippen LogP contribution >= 0.6 is 0 Å². The Bertz CT molecular complexity index is 1250. The number of rotatable bonds is 1. The Labute approximate surface area is 190 Å². The zero-order chi connectivity index (χ0) is 22.9. The molecule has 0 aromatic heterocycles. The van der Waals surface area contributed by atoms with E-state index in [9.17, 15) is 13.6 Å². The summed E-state index contributed by atoms with van der Waals surface area (Å²) in [5.41, 5.74) is 1.85. The highest BCUT2D eigenvalue weighted by molar-refractivity contribution is 6.04. The number of piperazine rings is 1. The molecule has 2 amide bonds. The van der Waals surface area contributed by atoms with Crippen LogP contribution in [0.1, 0.15) is 12.5 Å². The van der Waals surface area contributed by atoms with Crippen molar-refractivity contribution < 1.29 is 18.3 Å². The summed E-state index contributed by atoms with van der Waals surface area (Å²) in [7, 11) is 0. The number of halogens is 2. The standard InChI is InChI=1S/C25H22F2N4O2/c1-16-15-30(12-13-31(16)25(32)28-17-10-11-19(26)20(27)14-17)24-18-6-2-4-8-22(18)33-23-9-5-3-7-21(23)29-24/h2-11,14,16H,12-13,15H2,1H3,(H,28,32). The fourth-order valence-corrected chi connectivity index (χ4v) is 4.13. The first-order valence-corrected chi connectivity index (χ1v) is 10.7. The minimum atomic E-state index is -1.00. The second-order valence-corrected chi connectivity index (χ2v) is 8.05. The fraction of sp³-hybridized carbons (Fsp3) is 0.200. The van der Waals surface area contributed by atoms with E-state index in [1.165, 1.54) is 6.07 Å². The lowest BCUT2D eigenvalue weighted by molar-refractivity contribution is 0.145. The molecule has 0 bridgehead atoms. The first-order chi connectivity index (χ1) is 16.0. The normalized spacial score (nSPS) is 17.3. The molecule has 3 aromatic carbocycles. The minimum absolute atomic E-state index is 0.140. The number of benzene rings is 3. The van der Waals surface area contributed by atoms with E-state index >= 15 is 0 Å². The average molecular weight is 448 g/mol. The van der Waals surface area contributed by atoms with Gasteiger partial charge in [0.05, 0.1) is 5.56 Å². The van der Waals surface area contributed by atoms with E-state index in [1.54, 1.807) is 4.90 Å². The lowest BCUT2D eigenvalue weighted by Gasteiger charge is -2.41. The van der Waals surface area contributed by atoms with E-state index < -0.39 is 11.6 Å². The van der Waals surface area contributed by atoms with Crippen LogP contribution in [-0.4, -0.2) is 47.3 Å². The number of aliphatic imine (C=N–C) groups is 1. The Kier molecular flexibility index (Phi) is 5.42. The van der Waals surface area contributed by atoms with Crippen molar-refractivity contribution in [2.75, 3.05) is 25.0 Å². The number of hydrogen-bond acceptors (Lipinski definition) is 4. The number of anilines is 1. The molecule has 6 nitrogen and oxygen atoms in total. The van der Waals surface area contributed by atoms with Crippen LogP contribution in [0.15, 0.2) is 71.7 Å². The van der Waals surface area contributed by atoms with Crippen LogP contribution in [0.4, 0.5) is 25.0 Å². The van der Waals surface area contributed by atoms with Gasteiger partial charge in [-0.25, -0.2) is 18.6 Å². The molecule has 1 unspecified atom stereocenters. The van der Waals surface area contributed by atoms with Gasteiger partial charge < -0.3 is 19.9 Å². The molecule has 0 spiro atoms. The van der Waals surface area contributed by atoms with E-state index in [1.807, 2.05) is 55.5 Å². The molecule has 1 saturated heterocycles. The summed E-state index contributed by atoms with van der Waals surface area (Å²) in [5.74, 6) is 0.260. The first kappa shape index (κ1) is 20.9. The number of nitrogens with one attached hydrogen (secondary N) is 1. The van der Waals surface area contributed by atoms with Gasteiger partial charge in [0.25, 0.3) is 0 Å². The van der Waals surface area contributed by atoms with Crippen LogP contribution in [0, 0.1) is 11.6 Å². The number of carbonyl (C=O) groups is 1. The van der Waals surface area contributed by atoms with Crippen LogP contribution in [0.25, 0.3) is 0 Å². The lowest BCUT2D eigenvalue weighted by atomic mass is 10.1. The monoisotopic (exact) mass is 448 g/mol. The molecule has 8 heteroatoms. The molecule has 33 heavy (non-hydrogen) atoms. The average Bonchev–Trinajstić information content (AvgIpc) is 2.98. The molecule has 0 radical (unpaired) electrons. The summed E-state index contributed by atoms with van der Waals surface area (Å²) >= 11 is 0. The van der Waals surface area contributed by atoms with Gasteiger partial charge in [-0.3, -0.25) is 0 Å². The van der Waals surface area contributed by atoms with Gasteiger partial charge in [0.1, 0.15) is 17.3 Å². The van der Waals surface area contributed by atoms with E-state index in [4.69, 9.17) is 9.73 Å². The van der Waals surface area contributed by atoms with Gasteiger partial charge >= 0.3 is 6.03 Å². The van der Waals surface area contributed by atoms with Crippen molar-refractivity contribution in [2.24, 2.45) is 4.99 Å². The molecule has 3 aromatic rings. The molecule has 0 saturated carbocycles. The number of hydrogen-bond donors (Lipinski definition) is 1. The van der Waals surface area contributed by atoms with E-state index in [0.717, 1.165) is 35.0 Å². The topological polar surface area (TPSA) is 57.2 Å². The number of nitrogens with zero attached hydrogens (tertiary/aromatic N) is 3. The second-order valence-electron chi connectivity index (χ2n) is 8.05. The molecule has 2 aliphatic heterocycles. The first-order valence-electron chi connectivity index (χ1n) is 10.7. The molecule has 5 rings (SSSR count). The van der Waals surface area contributed by atoms with Gasteiger partial charge in [-0.15, -0.1) is 0 Å². The molecular formula is C25H22F2N4O2. The maximum absolute atomic E-state index is 13.5. The molecule has 168 valence electrons. The van der Waals surface area contributed by atoms with Crippen LogP contribution in [0.3, 0.4) is 0 Å². The van der Waals surface area contributed by atoms with E-state index in [-0.39, 0.29) is 17.8 Å². The van der Waals surface area contributed by atoms with E-state index in [2.05, 4.69) is 10.2 Å². The zero-order valence-corrected chi connectivity index (χ0v) is 18.0. The Morgan fingerprint density at radius 2 is 1.76 bits per heavy atom. The van der Waals surface area contributed by atoms with Crippen molar-refractivity contribution in [3.8, 4) is 11.5 Å². The molecule has 1 N–H and O–H groups in total. The van der Waals surface area contributed by atoms with Crippen molar-refractivity contribution in [1.29, 1.82) is 0 Å². The second kappa shape index (κ2) is 8.54. The number of amidine groups is 1. The van der Waals surface area contributed by atoms with Crippen molar-refractivity contribution in [3.05, 3.63) is 83.9 Å². The summed E-state index contributed by atoms with van der Waals surface area (Å²) in [5, 5.41) is 2.65. The van der Waals surface area contributed by atoms with Gasteiger partial charge in [-0.1, -0.05) is 24.3 Å².